The van der Waals surface area contributed by atoms with E-state index in [-0.39, 0.29) is 23.0 Å². The maximum absolute atomic E-state index is 11.2. The number of nitro groups is 1. The van der Waals surface area contributed by atoms with E-state index in [0.717, 1.165) is 6.33 Å². The predicted octanol–water partition coefficient (Wildman–Crippen LogP) is 1.09. The Morgan fingerprint density at radius 3 is 2.62 bits per heavy atom. The van der Waals surface area contributed by atoms with Crippen LogP contribution in [-0.2, 0) is 4.79 Å². The fourth-order valence-corrected chi connectivity index (χ4v) is 1.21. The zero-order valence-electron chi connectivity index (χ0n) is 9.13. The fourth-order valence-electron chi connectivity index (χ4n) is 1.21. The van der Waals surface area contributed by atoms with E-state index >= 15 is 0 Å². The highest BCUT2D eigenvalue weighted by Crippen LogP contribution is 2.31. The highest BCUT2D eigenvalue weighted by Gasteiger charge is 2.29. The molecule has 0 aromatic carbocycles. The van der Waals surface area contributed by atoms with Crippen molar-refractivity contribution in [2.45, 2.75) is 19.8 Å². The molecule has 0 aliphatic carbocycles. The first-order valence-corrected chi connectivity index (χ1v) is 4.52. The average Bonchev–Trinajstić information content (AvgIpc) is 2.26. The van der Waals surface area contributed by atoms with Crippen LogP contribution in [0, 0.1) is 10.1 Å². The summed E-state index contributed by atoms with van der Waals surface area (Å²) in [6.45, 7) is 2.90. The lowest BCUT2D eigenvalue weighted by atomic mass is 10.0. The second kappa shape index (κ2) is 4.65. The summed E-state index contributed by atoms with van der Waals surface area (Å²) in [5, 5.41) is 10.9. The van der Waals surface area contributed by atoms with Gasteiger partial charge < -0.3 is 4.74 Å². The van der Waals surface area contributed by atoms with Gasteiger partial charge in [-0.15, -0.1) is 0 Å². The summed E-state index contributed by atoms with van der Waals surface area (Å²) in [7, 11) is 1.28. The minimum Gasteiger partial charge on any atom is -0.476 e. The zero-order chi connectivity index (χ0) is 12.3. The van der Waals surface area contributed by atoms with Crippen LogP contribution in [0.4, 0.5) is 5.69 Å². The van der Waals surface area contributed by atoms with Gasteiger partial charge in [0, 0.05) is 0 Å². The Balaban J connectivity index is 3.38. The van der Waals surface area contributed by atoms with Gasteiger partial charge in [-0.3, -0.25) is 14.9 Å². The Hall–Kier alpha value is -2.05. The van der Waals surface area contributed by atoms with Crippen LogP contribution in [0.15, 0.2) is 6.33 Å². The average molecular weight is 225 g/mol. The molecule has 0 radical (unpaired) electrons. The van der Waals surface area contributed by atoms with Gasteiger partial charge in [-0.25, -0.2) is 4.98 Å². The molecule has 0 N–H and O–H groups in total. The summed E-state index contributed by atoms with van der Waals surface area (Å²) in [4.78, 5) is 28.8. The lowest BCUT2D eigenvalue weighted by Gasteiger charge is -2.08. The maximum Gasteiger partial charge on any atom is 0.352 e. The molecule has 0 bridgehead atoms. The van der Waals surface area contributed by atoms with Crippen molar-refractivity contribution in [3.63, 3.8) is 0 Å². The van der Waals surface area contributed by atoms with Crippen molar-refractivity contribution >= 4 is 11.5 Å². The summed E-state index contributed by atoms with van der Waals surface area (Å²) in [5.41, 5.74) is -0.281. The molecule has 0 fully saturated rings. The predicted molar refractivity (Wildman–Crippen MR) is 54.3 cm³/mol. The summed E-state index contributed by atoms with van der Waals surface area (Å²) in [6.07, 6.45) is 1.14. The highest BCUT2D eigenvalue weighted by molar-refractivity contribution is 5.83. The lowest BCUT2D eigenvalue weighted by molar-refractivity contribution is -0.387. The number of hydrogen-bond acceptors (Lipinski definition) is 6. The number of Topliss-reactive ketones (excluding diaryl/α,β-unsaturated/α-hetero) is 1. The van der Waals surface area contributed by atoms with Crippen LogP contribution in [0.5, 0.6) is 5.88 Å². The van der Waals surface area contributed by atoms with Crippen LogP contribution < -0.4 is 4.74 Å². The van der Waals surface area contributed by atoms with Crippen molar-refractivity contribution in [3.05, 3.63) is 22.1 Å². The molecule has 0 amide bonds. The first-order chi connectivity index (χ1) is 7.49. The van der Waals surface area contributed by atoms with Gasteiger partial charge in [-0.05, 0) is 13.8 Å². The van der Waals surface area contributed by atoms with Crippen LogP contribution >= 0.6 is 0 Å². The second-order valence-electron chi connectivity index (χ2n) is 3.21. The van der Waals surface area contributed by atoms with E-state index in [1.807, 2.05) is 0 Å². The first kappa shape index (κ1) is 12.0. The standard InChI is InChI=1S/C9H11N3O4/c1-5(6(2)13)7-8(12(14)15)9(16-3)11-4-10-7/h4-5H,1-3H3. The molecule has 7 heteroatoms. The normalized spacial score (nSPS) is 11.9. The Kier molecular flexibility index (Phi) is 3.49. The van der Waals surface area contributed by atoms with E-state index in [2.05, 4.69) is 9.97 Å². The van der Waals surface area contributed by atoms with Crippen molar-refractivity contribution in [1.82, 2.24) is 9.97 Å². The van der Waals surface area contributed by atoms with E-state index < -0.39 is 10.8 Å². The Morgan fingerprint density at radius 1 is 1.56 bits per heavy atom. The quantitative estimate of drug-likeness (QED) is 0.562. The Morgan fingerprint density at radius 2 is 2.19 bits per heavy atom. The molecule has 1 rings (SSSR count). The molecule has 7 nitrogen and oxygen atoms in total. The number of aromatic nitrogens is 2. The third kappa shape index (κ3) is 2.13. The number of hydrogen-bond donors (Lipinski definition) is 0. The first-order valence-electron chi connectivity index (χ1n) is 4.52. The molecule has 0 saturated heterocycles. The van der Waals surface area contributed by atoms with Gasteiger partial charge in [0.2, 0.25) is 0 Å². The molecular formula is C9H11N3O4. The Labute approximate surface area is 91.6 Å². The summed E-state index contributed by atoms with van der Waals surface area (Å²) in [5.74, 6) is -0.996. The summed E-state index contributed by atoms with van der Waals surface area (Å²) in [6, 6.07) is 0. The molecule has 1 heterocycles. The number of carbonyl (C=O) groups excluding carboxylic acids is 1. The van der Waals surface area contributed by atoms with Gasteiger partial charge in [0.05, 0.1) is 18.0 Å². The number of ketones is 1. The van der Waals surface area contributed by atoms with Crippen LogP contribution in [-0.4, -0.2) is 27.8 Å². The van der Waals surface area contributed by atoms with Gasteiger partial charge in [0.25, 0.3) is 5.88 Å². The van der Waals surface area contributed by atoms with Crippen molar-refractivity contribution in [2.24, 2.45) is 0 Å². The van der Waals surface area contributed by atoms with Gasteiger partial charge in [-0.1, -0.05) is 0 Å². The monoisotopic (exact) mass is 225 g/mol. The molecule has 1 unspecified atom stereocenters. The van der Waals surface area contributed by atoms with Crippen LogP contribution in [0.3, 0.4) is 0 Å². The number of ether oxygens (including phenoxy) is 1. The number of carbonyl (C=O) groups is 1. The SMILES string of the molecule is COc1ncnc(C(C)C(C)=O)c1[N+](=O)[O-]. The topological polar surface area (TPSA) is 95.2 Å². The van der Waals surface area contributed by atoms with Crippen LogP contribution in [0.1, 0.15) is 25.5 Å². The van der Waals surface area contributed by atoms with Gasteiger partial charge in [0.15, 0.2) is 0 Å². The molecule has 0 aliphatic rings. The number of rotatable bonds is 4. The van der Waals surface area contributed by atoms with Gasteiger partial charge in [-0.2, -0.15) is 4.98 Å². The van der Waals surface area contributed by atoms with Crippen molar-refractivity contribution in [2.75, 3.05) is 7.11 Å². The molecule has 0 aliphatic heterocycles. The number of nitrogens with zero attached hydrogens (tertiary/aromatic N) is 3. The van der Waals surface area contributed by atoms with Crippen molar-refractivity contribution < 1.29 is 14.5 Å². The summed E-state index contributed by atoms with van der Waals surface area (Å²) < 4.78 is 4.77. The van der Waals surface area contributed by atoms with Crippen molar-refractivity contribution in [3.8, 4) is 5.88 Å². The van der Waals surface area contributed by atoms with Crippen molar-refractivity contribution in [1.29, 1.82) is 0 Å². The molecule has 16 heavy (non-hydrogen) atoms. The second-order valence-corrected chi connectivity index (χ2v) is 3.21. The molecule has 1 atom stereocenters. The summed E-state index contributed by atoms with van der Waals surface area (Å²) >= 11 is 0. The van der Waals surface area contributed by atoms with Crippen LogP contribution in [0.2, 0.25) is 0 Å². The molecule has 1 aromatic rings. The highest BCUT2D eigenvalue weighted by atomic mass is 16.6. The van der Waals surface area contributed by atoms with E-state index in [4.69, 9.17) is 4.74 Å². The number of methoxy groups -OCH3 is 1. The minimum absolute atomic E-state index is 0.0735. The largest absolute Gasteiger partial charge is 0.476 e. The molecular weight excluding hydrogens is 214 g/mol. The van der Waals surface area contributed by atoms with E-state index in [1.165, 1.54) is 14.0 Å². The van der Waals surface area contributed by atoms with Crippen LogP contribution in [0.25, 0.3) is 0 Å². The molecule has 0 saturated carbocycles. The maximum atomic E-state index is 11.2. The lowest BCUT2D eigenvalue weighted by Crippen LogP contribution is -2.11. The molecule has 86 valence electrons. The smallest absolute Gasteiger partial charge is 0.352 e. The molecule has 0 spiro atoms. The fraction of sp³-hybridized carbons (Fsp3) is 0.444. The molecule has 1 aromatic heterocycles. The van der Waals surface area contributed by atoms with Gasteiger partial charge >= 0.3 is 5.69 Å². The third-order valence-corrected chi connectivity index (χ3v) is 2.21. The Bertz CT molecular complexity index is 433. The van der Waals surface area contributed by atoms with E-state index in [0.29, 0.717) is 0 Å². The van der Waals surface area contributed by atoms with Gasteiger partial charge in [0.1, 0.15) is 17.8 Å². The third-order valence-electron chi connectivity index (χ3n) is 2.21. The van der Waals surface area contributed by atoms with E-state index in [1.54, 1.807) is 6.92 Å². The zero-order valence-corrected chi connectivity index (χ0v) is 9.13. The van der Waals surface area contributed by atoms with E-state index in [9.17, 15) is 14.9 Å². The minimum atomic E-state index is -0.655.